The Morgan fingerprint density at radius 2 is 0.944 bits per heavy atom. The second kappa shape index (κ2) is 6.76. The third-order valence-corrected chi connectivity index (χ3v) is 4.38. The molecular weight excluding hydrogens is 228 g/mol. The summed E-state index contributed by atoms with van der Waals surface area (Å²) in [7, 11) is 0. The molecule has 4 nitrogen and oxygen atoms in total. The number of nitrogens with zero attached hydrogens (tertiary/aromatic N) is 2. The molecule has 2 aliphatic rings. The molecule has 102 valence electrons. The first kappa shape index (κ1) is 13.4. The van der Waals surface area contributed by atoms with Crippen molar-refractivity contribution in [2.75, 3.05) is 0 Å². The third kappa shape index (κ3) is 3.03. The Hall–Kier alpha value is -1.06. The van der Waals surface area contributed by atoms with Crippen molar-refractivity contribution in [2.24, 2.45) is 0 Å². The van der Waals surface area contributed by atoms with Crippen LogP contribution in [0.1, 0.15) is 64.2 Å². The third-order valence-electron chi connectivity index (χ3n) is 4.38. The lowest BCUT2D eigenvalue weighted by Crippen LogP contribution is -2.53. The Kier molecular flexibility index (Phi) is 5.02. The Balaban J connectivity index is 2.02. The summed E-state index contributed by atoms with van der Waals surface area (Å²) < 4.78 is 0. The maximum Gasteiger partial charge on any atom is 0.228 e. The number of hydrogen-bond acceptors (Lipinski definition) is 2. The molecule has 18 heavy (non-hydrogen) atoms. The quantitative estimate of drug-likeness (QED) is 0.557. The molecule has 2 fully saturated rings. The summed E-state index contributed by atoms with van der Waals surface area (Å²) in [4.78, 5) is 22.7. The van der Waals surface area contributed by atoms with Crippen molar-refractivity contribution in [3.8, 4) is 0 Å². The van der Waals surface area contributed by atoms with E-state index in [0.717, 1.165) is 38.5 Å². The largest absolute Gasteiger partial charge is 0.277 e. The van der Waals surface area contributed by atoms with Crippen LogP contribution in [-0.2, 0) is 9.59 Å². The standard InChI is InChI=1S/C14H24N2O2/c17-11-15(13-7-3-1-4-8-13)16(12-18)14-9-5-2-6-10-14/h11-14H,1-10H2. The maximum absolute atomic E-state index is 11.4. The normalized spacial score (nSPS) is 22.4. The summed E-state index contributed by atoms with van der Waals surface area (Å²) in [5.41, 5.74) is 0. The predicted octanol–water partition coefficient (Wildman–Crippen LogP) is 2.48. The smallest absolute Gasteiger partial charge is 0.228 e. The molecule has 0 aromatic heterocycles. The van der Waals surface area contributed by atoms with Gasteiger partial charge in [0.15, 0.2) is 0 Å². The fourth-order valence-electron chi connectivity index (χ4n) is 3.35. The average Bonchev–Trinajstić information content (AvgIpc) is 2.46. The molecular formula is C14H24N2O2. The van der Waals surface area contributed by atoms with Crippen molar-refractivity contribution >= 4 is 12.8 Å². The van der Waals surface area contributed by atoms with Crippen molar-refractivity contribution in [1.29, 1.82) is 0 Å². The highest BCUT2D eigenvalue weighted by atomic mass is 16.2. The van der Waals surface area contributed by atoms with Crippen molar-refractivity contribution in [1.82, 2.24) is 10.0 Å². The van der Waals surface area contributed by atoms with E-state index in [1.165, 1.54) is 38.5 Å². The van der Waals surface area contributed by atoms with Gasteiger partial charge in [0.2, 0.25) is 12.8 Å². The van der Waals surface area contributed by atoms with Crippen LogP contribution in [0.3, 0.4) is 0 Å². The van der Waals surface area contributed by atoms with Gasteiger partial charge in [-0.1, -0.05) is 38.5 Å². The van der Waals surface area contributed by atoms with Crippen molar-refractivity contribution in [2.45, 2.75) is 76.3 Å². The molecule has 2 aliphatic carbocycles. The molecule has 0 saturated heterocycles. The van der Waals surface area contributed by atoms with Crippen LogP contribution < -0.4 is 0 Å². The van der Waals surface area contributed by atoms with Crippen LogP contribution in [0.5, 0.6) is 0 Å². The number of amides is 2. The molecule has 0 heterocycles. The van der Waals surface area contributed by atoms with Crippen molar-refractivity contribution in [3.05, 3.63) is 0 Å². The van der Waals surface area contributed by atoms with Gasteiger partial charge in [0.25, 0.3) is 0 Å². The van der Waals surface area contributed by atoms with E-state index in [1.807, 2.05) is 0 Å². The van der Waals surface area contributed by atoms with Crippen LogP contribution in [-0.4, -0.2) is 34.9 Å². The first-order valence-corrected chi connectivity index (χ1v) is 7.34. The minimum absolute atomic E-state index is 0.239. The molecule has 2 rings (SSSR count). The molecule has 0 aromatic rings. The van der Waals surface area contributed by atoms with E-state index in [2.05, 4.69) is 0 Å². The minimum Gasteiger partial charge on any atom is -0.277 e. The summed E-state index contributed by atoms with van der Waals surface area (Å²) in [6.45, 7) is 0. The molecule has 0 aromatic carbocycles. The highest BCUT2D eigenvalue weighted by Crippen LogP contribution is 2.27. The van der Waals surface area contributed by atoms with Crippen molar-refractivity contribution in [3.63, 3.8) is 0 Å². The lowest BCUT2D eigenvalue weighted by Gasteiger charge is -2.42. The highest BCUT2D eigenvalue weighted by molar-refractivity contribution is 5.55. The van der Waals surface area contributed by atoms with Gasteiger partial charge in [-0.05, 0) is 25.7 Å². The second-order valence-corrected chi connectivity index (χ2v) is 5.55. The fourth-order valence-corrected chi connectivity index (χ4v) is 3.35. The van der Waals surface area contributed by atoms with Gasteiger partial charge in [0, 0.05) is 0 Å². The molecule has 0 bridgehead atoms. The van der Waals surface area contributed by atoms with Crippen LogP contribution in [0.15, 0.2) is 0 Å². The van der Waals surface area contributed by atoms with Crippen molar-refractivity contribution < 1.29 is 9.59 Å². The van der Waals surface area contributed by atoms with E-state index in [9.17, 15) is 9.59 Å². The molecule has 0 N–H and O–H groups in total. The number of carbonyl (C=O) groups is 2. The molecule has 0 unspecified atom stereocenters. The van der Waals surface area contributed by atoms with Gasteiger partial charge in [-0.2, -0.15) is 0 Å². The number of rotatable bonds is 5. The summed E-state index contributed by atoms with van der Waals surface area (Å²) in [5, 5.41) is 3.37. The Labute approximate surface area is 109 Å². The molecule has 2 amide bonds. The van der Waals surface area contributed by atoms with E-state index < -0.39 is 0 Å². The van der Waals surface area contributed by atoms with Crippen LogP contribution in [0.25, 0.3) is 0 Å². The van der Waals surface area contributed by atoms with E-state index in [-0.39, 0.29) is 12.1 Å². The van der Waals surface area contributed by atoms with Crippen LogP contribution in [0.2, 0.25) is 0 Å². The molecule has 4 heteroatoms. The molecule has 0 radical (unpaired) electrons. The number of carbonyl (C=O) groups excluding carboxylic acids is 2. The Morgan fingerprint density at radius 3 is 1.22 bits per heavy atom. The Morgan fingerprint density at radius 1 is 0.611 bits per heavy atom. The molecule has 0 atom stereocenters. The fraction of sp³-hybridized carbons (Fsp3) is 0.857. The van der Waals surface area contributed by atoms with Gasteiger partial charge in [-0.15, -0.1) is 0 Å². The van der Waals surface area contributed by atoms with Gasteiger partial charge in [0.05, 0.1) is 12.1 Å². The van der Waals surface area contributed by atoms with E-state index >= 15 is 0 Å². The van der Waals surface area contributed by atoms with E-state index in [0.29, 0.717) is 0 Å². The van der Waals surface area contributed by atoms with Crippen LogP contribution in [0, 0.1) is 0 Å². The maximum atomic E-state index is 11.4. The second-order valence-electron chi connectivity index (χ2n) is 5.55. The van der Waals surface area contributed by atoms with Crippen LogP contribution >= 0.6 is 0 Å². The highest BCUT2D eigenvalue weighted by Gasteiger charge is 2.29. The van der Waals surface area contributed by atoms with Gasteiger partial charge in [-0.25, -0.2) is 0 Å². The summed E-state index contributed by atoms with van der Waals surface area (Å²) in [6.07, 6.45) is 13.1. The number of hydrazine groups is 1. The zero-order valence-electron chi connectivity index (χ0n) is 11.1. The monoisotopic (exact) mass is 252 g/mol. The van der Waals surface area contributed by atoms with E-state index in [1.54, 1.807) is 10.0 Å². The zero-order valence-corrected chi connectivity index (χ0v) is 11.1. The van der Waals surface area contributed by atoms with Gasteiger partial charge >= 0.3 is 0 Å². The first-order valence-electron chi connectivity index (χ1n) is 7.34. The minimum atomic E-state index is 0.239. The van der Waals surface area contributed by atoms with Gasteiger partial charge < -0.3 is 0 Å². The SMILES string of the molecule is O=CN(C1CCCCC1)N(C=O)C1CCCCC1. The average molecular weight is 252 g/mol. The number of hydrogen-bond donors (Lipinski definition) is 0. The van der Waals surface area contributed by atoms with Crippen LogP contribution in [0.4, 0.5) is 0 Å². The zero-order chi connectivity index (χ0) is 12.8. The molecule has 0 spiro atoms. The predicted molar refractivity (Wildman–Crippen MR) is 69.6 cm³/mol. The molecule has 0 aliphatic heterocycles. The van der Waals surface area contributed by atoms with Gasteiger partial charge in [-0.3, -0.25) is 19.6 Å². The summed E-state index contributed by atoms with van der Waals surface area (Å²) >= 11 is 0. The summed E-state index contributed by atoms with van der Waals surface area (Å²) in [5.74, 6) is 0. The van der Waals surface area contributed by atoms with E-state index in [4.69, 9.17) is 0 Å². The Bertz CT molecular complexity index is 243. The lowest BCUT2D eigenvalue weighted by molar-refractivity contribution is -0.160. The first-order chi connectivity index (χ1) is 8.86. The topological polar surface area (TPSA) is 40.6 Å². The van der Waals surface area contributed by atoms with Gasteiger partial charge in [0.1, 0.15) is 0 Å². The summed E-state index contributed by atoms with van der Waals surface area (Å²) in [6, 6.07) is 0.478. The molecule has 2 saturated carbocycles. The lowest BCUT2D eigenvalue weighted by atomic mass is 9.93.